The molecule has 0 radical (unpaired) electrons. The van der Waals surface area contributed by atoms with Crippen molar-refractivity contribution in [1.29, 1.82) is 0 Å². The monoisotopic (exact) mass is 233 g/mol. The maximum Gasteiger partial charge on any atom is 0.335 e. The minimum atomic E-state index is -1.42. The van der Waals surface area contributed by atoms with E-state index in [1.807, 2.05) is 0 Å². The molecule has 0 heterocycles. The van der Waals surface area contributed by atoms with E-state index in [0.717, 1.165) is 13.2 Å². The summed E-state index contributed by atoms with van der Waals surface area (Å²) in [5.74, 6) is -2.72. The highest BCUT2D eigenvalue weighted by atomic mass is 16.5. The summed E-state index contributed by atoms with van der Waals surface area (Å²) in [5.41, 5.74) is 0. The highest BCUT2D eigenvalue weighted by Crippen LogP contribution is 1.95. The molecule has 0 spiro atoms. The number of aliphatic carboxylic acids is 1. The van der Waals surface area contributed by atoms with Crippen LogP contribution < -0.4 is 5.11 Å². The molecular formula is C9H13O7-. The van der Waals surface area contributed by atoms with Crippen LogP contribution in [-0.4, -0.2) is 43.3 Å². The van der Waals surface area contributed by atoms with Crippen molar-refractivity contribution < 1.29 is 34.1 Å². The van der Waals surface area contributed by atoms with Gasteiger partial charge in [-0.1, -0.05) is 6.58 Å². The van der Waals surface area contributed by atoms with Gasteiger partial charge in [0.1, 0.15) is 0 Å². The van der Waals surface area contributed by atoms with Crippen molar-refractivity contribution >= 4 is 17.9 Å². The Morgan fingerprint density at radius 1 is 1.38 bits per heavy atom. The van der Waals surface area contributed by atoms with Gasteiger partial charge in [-0.25, -0.2) is 4.79 Å². The van der Waals surface area contributed by atoms with Gasteiger partial charge in [0.2, 0.25) is 0 Å². The SMILES string of the molecule is C=CC(=O)[O-].COC(=O)CC(O)C(=O)OC. The van der Waals surface area contributed by atoms with Crippen LogP contribution in [-0.2, 0) is 23.9 Å². The Bertz CT molecular complexity index is 259. The zero-order valence-corrected chi connectivity index (χ0v) is 8.97. The smallest absolute Gasteiger partial charge is 0.335 e. The second kappa shape index (κ2) is 9.66. The molecule has 1 atom stereocenters. The van der Waals surface area contributed by atoms with Crippen molar-refractivity contribution in [3.63, 3.8) is 0 Å². The Hall–Kier alpha value is -1.89. The Morgan fingerprint density at radius 3 is 2.06 bits per heavy atom. The highest BCUT2D eigenvalue weighted by molar-refractivity contribution is 5.81. The average molecular weight is 233 g/mol. The second-order valence-electron chi connectivity index (χ2n) is 2.34. The first kappa shape index (κ1) is 16.5. The van der Waals surface area contributed by atoms with E-state index < -0.39 is 24.0 Å². The molecule has 0 saturated heterocycles. The predicted octanol–water partition coefficient (Wildman–Crippen LogP) is -1.99. The molecule has 0 aromatic heterocycles. The molecule has 0 aromatic carbocycles. The van der Waals surface area contributed by atoms with Crippen LogP contribution in [0.4, 0.5) is 0 Å². The number of hydrogen-bond donors (Lipinski definition) is 1. The highest BCUT2D eigenvalue weighted by Gasteiger charge is 2.19. The molecule has 7 heteroatoms. The maximum atomic E-state index is 10.5. The molecule has 0 aliphatic heterocycles. The van der Waals surface area contributed by atoms with Crippen LogP contribution in [0.25, 0.3) is 0 Å². The lowest BCUT2D eigenvalue weighted by Gasteiger charge is -2.05. The van der Waals surface area contributed by atoms with Crippen LogP contribution in [0.15, 0.2) is 12.7 Å². The number of aliphatic hydroxyl groups is 1. The summed E-state index contributed by atoms with van der Waals surface area (Å²) in [7, 11) is 2.30. The molecule has 16 heavy (non-hydrogen) atoms. The van der Waals surface area contributed by atoms with Gasteiger partial charge in [0.25, 0.3) is 0 Å². The van der Waals surface area contributed by atoms with E-state index in [9.17, 15) is 9.59 Å². The van der Waals surface area contributed by atoms with Crippen molar-refractivity contribution in [3.8, 4) is 0 Å². The van der Waals surface area contributed by atoms with E-state index in [2.05, 4.69) is 16.1 Å². The maximum absolute atomic E-state index is 10.5. The van der Waals surface area contributed by atoms with Gasteiger partial charge in [0.05, 0.1) is 26.6 Å². The molecule has 0 rings (SSSR count). The third-order valence-electron chi connectivity index (χ3n) is 1.23. The van der Waals surface area contributed by atoms with Crippen molar-refractivity contribution in [2.24, 2.45) is 0 Å². The van der Waals surface area contributed by atoms with Crippen molar-refractivity contribution in [2.75, 3.05) is 14.2 Å². The molecule has 0 aliphatic rings. The zero-order valence-electron chi connectivity index (χ0n) is 8.97. The molecule has 0 aliphatic carbocycles. The number of carboxylic acid groups (broad SMARTS) is 1. The summed E-state index contributed by atoms with van der Waals surface area (Å²) < 4.78 is 8.37. The standard InChI is InChI=1S/C6H10O5.C3H4O2/c1-10-5(8)3-4(7)6(9)11-2;1-2-3(4)5/h4,7H,3H2,1-2H3;2H,1H2,(H,4,5)/p-1. The Balaban J connectivity index is 0. The number of carbonyl (C=O) groups is 3. The summed E-state index contributed by atoms with van der Waals surface area (Å²) in [6.45, 7) is 2.90. The number of rotatable bonds is 4. The quantitative estimate of drug-likeness (QED) is 0.441. The summed E-state index contributed by atoms with van der Waals surface area (Å²) in [6, 6.07) is 0. The van der Waals surface area contributed by atoms with Crippen LogP contribution in [0.1, 0.15) is 6.42 Å². The summed E-state index contributed by atoms with van der Waals surface area (Å²) in [5, 5.41) is 18.0. The van der Waals surface area contributed by atoms with Gasteiger partial charge in [0.15, 0.2) is 6.10 Å². The number of ether oxygens (including phenoxy) is 2. The van der Waals surface area contributed by atoms with Crippen molar-refractivity contribution in [3.05, 3.63) is 12.7 Å². The molecule has 0 bridgehead atoms. The largest absolute Gasteiger partial charge is 0.545 e. The van der Waals surface area contributed by atoms with Crippen LogP contribution in [0.2, 0.25) is 0 Å². The first-order chi connectivity index (χ1) is 7.38. The molecule has 0 amide bonds. The Morgan fingerprint density at radius 2 is 1.81 bits per heavy atom. The number of aliphatic hydroxyl groups excluding tert-OH is 1. The molecule has 1 N–H and O–H groups in total. The van der Waals surface area contributed by atoms with Gasteiger partial charge in [-0.15, -0.1) is 0 Å². The minimum absolute atomic E-state index is 0.372. The third kappa shape index (κ3) is 10.2. The van der Waals surface area contributed by atoms with Crippen LogP contribution in [0, 0.1) is 0 Å². The molecule has 92 valence electrons. The summed E-state index contributed by atoms with van der Waals surface area (Å²) in [6.07, 6.45) is -1.07. The van der Waals surface area contributed by atoms with Crippen molar-refractivity contribution in [1.82, 2.24) is 0 Å². The molecule has 0 saturated carbocycles. The van der Waals surface area contributed by atoms with E-state index in [1.165, 1.54) is 7.11 Å². The Labute approximate surface area is 92.3 Å². The fraction of sp³-hybridized carbons (Fsp3) is 0.444. The number of carbonyl (C=O) groups excluding carboxylic acids is 3. The molecule has 0 aromatic rings. The zero-order chi connectivity index (χ0) is 13.1. The van der Waals surface area contributed by atoms with Gasteiger partial charge < -0.3 is 24.5 Å². The average Bonchev–Trinajstić information content (AvgIpc) is 2.28. The van der Waals surface area contributed by atoms with Crippen LogP contribution >= 0.6 is 0 Å². The van der Waals surface area contributed by atoms with Gasteiger partial charge in [-0.3, -0.25) is 4.79 Å². The van der Waals surface area contributed by atoms with Crippen LogP contribution in [0.3, 0.4) is 0 Å². The first-order valence-corrected chi connectivity index (χ1v) is 4.05. The van der Waals surface area contributed by atoms with Gasteiger partial charge >= 0.3 is 11.9 Å². The van der Waals surface area contributed by atoms with E-state index >= 15 is 0 Å². The second-order valence-corrected chi connectivity index (χ2v) is 2.34. The van der Waals surface area contributed by atoms with Crippen molar-refractivity contribution in [2.45, 2.75) is 12.5 Å². The number of carboxylic acids is 1. The van der Waals surface area contributed by atoms with Gasteiger partial charge in [-0.2, -0.15) is 0 Å². The van der Waals surface area contributed by atoms with E-state index in [-0.39, 0.29) is 6.42 Å². The lowest BCUT2D eigenvalue weighted by molar-refractivity contribution is -0.297. The predicted molar refractivity (Wildman–Crippen MR) is 49.9 cm³/mol. The fourth-order valence-corrected chi connectivity index (χ4v) is 0.461. The van der Waals surface area contributed by atoms with E-state index in [1.54, 1.807) is 0 Å². The van der Waals surface area contributed by atoms with Gasteiger partial charge in [-0.05, 0) is 6.08 Å². The topological polar surface area (TPSA) is 113 Å². The van der Waals surface area contributed by atoms with E-state index in [4.69, 9.17) is 15.0 Å². The molecule has 1 unspecified atom stereocenters. The molecule has 7 nitrogen and oxygen atoms in total. The summed E-state index contributed by atoms with van der Waals surface area (Å²) in [4.78, 5) is 30.1. The normalized spacial score (nSPS) is 10.2. The lowest BCUT2D eigenvalue weighted by atomic mass is 10.2. The third-order valence-corrected chi connectivity index (χ3v) is 1.23. The number of esters is 2. The summed E-state index contributed by atoms with van der Waals surface area (Å²) >= 11 is 0. The van der Waals surface area contributed by atoms with Crippen LogP contribution in [0.5, 0.6) is 0 Å². The molecule has 0 fully saturated rings. The first-order valence-electron chi connectivity index (χ1n) is 4.05. The Kier molecular flexibility index (Phi) is 9.98. The number of hydrogen-bond acceptors (Lipinski definition) is 7. The lowest BCUT2D eigenvalue weighted by Crippen LogP contribution is -2.25. The minimum Gasteiger partial charge on any atom is -0.545 e. The fourth-order valence-electron chi connectivity index (χ4n) is 0.461. The molecular weight excluding hydrogens is 220 g/mol. The van der Waals surface area contributed by atoms with E-state index in [0.29, 0.717) is 0 Å². The number of methoxy groups -OCH3 is 2. The van der Waals surface area contributed by atoms with Gasteiger partial charge in [0, 0.05) is 0 Å².